The first kappa shape index (κ1) is 13.3. The lowest BCUT2D eigenvalue weighted by molar-refractivity contribution is -0.135. The molecular formula is C14H19N3O3. The molecule has 6 heteroatoms. The van der Waals surface area contributed by atoms with Crippen LogP contribution in [0.3, 0.4) is 0 Å². The van der Waals surface area contributed by atoms with Crippen molar-refractivity contribution in [1.82, 2.24) is 14.7 Å². The topological polar surface area (TPSA) is 75.4 Å². The standard InChI is InChI=1S/C14H19N3O3/c18-11-2-1-7-16(8-11)14(20)9-17-13(19)6-5-12(15-17)10-3-4-10/h5-6,10-11,18H,1-4,7-9H2/t11-/m1/s1. The van der Waals surface area contributed by atoms with Gasteiger partial charge in [0.05, 0.1) is 11.8 Å². The summed E-state index contributed by atoms with van der Waals surface area (Å²) in [5.74, 6) is 0.306. The Morgan fingerprint density at radius 3 is 2.85 bits per heavy atom. The first-order chi connectivity index (χ1) is 9.63. The molecule has 6 nitrogen and oxygen atoms in total. The molecule has 0 unspecified atom stereocenters. The third kappa shape index (κ3) is 2.90. The van der Waals surface area contributed by atoms with Gasteiger partial charge in [0, 0.05) is 25.1 Å². The van der Waals surface area contributed by atoms with E-state index in [2.05, 4.69) is 5.10 Å². The zero-order valence-corrected chi connectivity index (χ0v) is 11.4. The van der Waals surface area contributed by atoms with Crippen molar-refractivity contribution in [2.24, 2.45) is 0 Å². The lowest BCUT2D eigenvalue weighted by Gasteiger charge is -2.30. The number of likely N-dealkylation sites (tertiary alicyclic amines) is 1. The molecule has 1 aliphatic carbocycles. The van der Waals surface area contributed by atoms with Gasteiger partial charge in [0.1, 0.15) is 6.54 Å². The van der Waals surface area contributed by atoms with Gasteiger partial charge in [0.25, 0.3) is 5.56 Å². The molecule has 1 N–H and O–H groups in total. The van der Waals surface area contributed by atoms with Crippen molar-refractivity contribution in [2.75, 3.05) is 13.1 Å². The molecule has 1 aromatic heterocycles. The van der Waals surface area contributed by atoms with Gasteiger partial charge >= 0.3 is 0 Å². The highest BCUT2D eigenvalue weighted by molar-refractivity contribution is 5.76. The fraction of sp³-hybridized carbons (Fsp3) is 0.643. The summed E-state index contributed by atoms with van der Waals surface area (Å²) in [5.41, 5.74) is 0.649. The summed E-state index contributed by atoms with van der Waals surface area (Å²) in [4.78, 5) is 25.6. The average molecular weight is 277 g/mol. The zero-order valence-electron chi connectivity index (χ0n) is 11.4. The predicted octanol–water partition coefficient (Wildman–Crippen LogP) is 0.104. The molecule has 2 aliphatic rings. The molecule has 0 aromatic carbocycles. The van der Waals surface area contributed by atoms with Gasteiger partial charge in [-0.05, 0) is 31.7 Å². The third-order valence-electron chi connectivity index (χ3n) is 3.92. The minimum atomic E-state index is -0.449. The van der Waals surface area contributed by atoms with Crippen molar-refractivity contribution in [3.8, 4) is 0 Å². The maximum absolute atomic E-state index is 12.2. The van der Waals surface area contributed by atoms with Crippen LogP contribution < -0.4 is 5.56 Å². The quantitative estimate of drug-likeness (QED) is 0.850. The number of piperidine rings is 1. The van der Waals surface area contributed by atoms with Gasteiger partial charge in [-0.3, -0.25) is 9.59 Å². The number of aliphatic hydroxyl groups excluding tert-OH is 1. The van der Waals surface area contributed by atoms with Gasteiger partial charge in [0.2, 0.25) is 5.91 Å². The molecule has 0 radical (unpaired) electrons. The molecule has 2 heterocycles. The Labute approximate surface area is 117 Å². The summed E-state index contributed by atoms with van der Waals surface area (Å²) >= 11 is 0. The number of β-amino-alcohol motifs (C(OH)–C–C–N with tert-alkyl or cyclic N) is 1. The maximum atomic E-state index is 12.2. The lowest BCUT2D eigenvalue weighted by Crippen LogP contribution is -2.44. The van der Waals surface area contributed by atoms with E-state index in [1.54, 1.807) is 11.0 Å². The monoisotopic (exact) mass is 277 g/mol. The molecule has 1 aliphatic heterocycles. The summed E-state index contributed by atoms with van der Waals surface area (Å²) in [6.07, 6.45) is 3.31. The van der Waals surface area contributed by atoms with Crippen LogP contribution in [0.5, 0.6) is 0 Å². The van der Waals surface area contributed by atoms with Gasteiger partial charge < -0.3 is 10.0 Å². The van der Waals surface area contributed by atoms with E-state index in [0.717, 1.165) is 31.4 Å². The van der Waals surface area contributed by atoms with E-state index >= 15 is 0 Å². The van der Waals surface area contributed by atoms with E-state index in [9.17, 15) is 14.7 Å². The van der Waals surface area contributed by atoms with Gasteiger partial charge in [-0.2, -0.15) is 5.10 Å². The summed E-state index contributed by atoms with van der Waals surface area (Å²) < 4.78 is 1.25. The van der Waals surface area contributed by atoms with Crippen molar-refractivity contribution in [2.45, 2.75) is 44.2 Å². The highest BCUT2D eigenvalue weighted by Crippen LogP contribution is 2.38. The fourth-order valence-electron chi connectivity index (χ4n) is 2.58. The second-order valence-corrected chi connectivity index (χ2v) is 5.66. The summed E-state index contributed by atoms with van der Waals surface area (Å²) in [7, 11) is 0. The molecule has 0 spiro atoms. The number of aliphatic hydroxyl groups is 1. The Morgan fingerprint density at radius 2 is 2.15 bits per heavy atom. The van der Waals surface area contributed by atoms with Crippen molar-refractivity contribution in [1.29, 1.82) is 0 Å². The SMILES string of the molecule is O=C(Cn1nc(C2CC2)ccc1=O)N1CCC[C@@H](O)C1. The number of aromatic nitrogens is 2. The van der Waals surface area contributed by atoms with Crippen LogP contribution in [0.25, 0.3) is 0 Å². The highest BCUT2D eigenvalue weighted by atomic mass is 16.3. The Morgan fingerprint density at radius 1 is 1.35 bits per heavy atom. The number of hydrogen-bond donors (Lipinski definition) is 1. The Hall–Kier alpha value is -1.69. The third-order valence-corrected chi connectivity index (χ3v) is 3.92. The smallest absolute Gasteiger partial charge is 0.267 e. The summed E-state index contributed by atoms with van der Waals surface area (Å²) in [5, 5.41) is 13.9. The molecule has 20 heavy (non-hydrogen) atoms. The first-order valence-corrected chi connectivity index (χ1v) is 7.17. The molecule has 1 aromatic rings. The van der Waals surface area contributed by atoms with E-state index in [4.69, 9.17) is 0 Å². The molecule has 108 valence electrons. The Kier molecular flexibility index (Phi) is 3.56. The van der Waals surface area contributed by atoms with Crippen molar-refractivity contribution in [3.05, 3.63) is 28.2 Å². The molecule has 1 saturated carbocycles. The van der Waals surface area contributed by atoms with Crippen LogP contribution in [0.2, 0.25) is 0 Å². The number of amides is 1. The van der Waals surface area contributed by atoms with Crippen LogP contribution in [0.15, 0.2) is 16.9 Å². The summed E-state index contributed by atoms with van der Waals surface area (Å²) in [6.45, 7) is 0.967. The Balaban J connectivity index is 1.71. The second-order valence-electron chi connectivity index (χ2n) is 5.66. The van der Waals surface area contributed by atoms with Crippen LogP contribution in [0.1, 0.15) is 37.3 Å². The molecular weight excluding hydrogens is 258 g/mol. The Bertz CT molecular complexity index is 565. The number of carbonyl (C=O) groups excluding carboxylic acids is 1. The lowest BCUT2D eigenvalue weighted by atomic mass is 10.1. The molecule has 0 bridgehead atoms. The number of hydrogen-bond acceptors (Lipinski definition) is 4. The van der Waals surface area contributed by atoms with Crippen LogP contribution in [-0.2, 0) is 11.3 Å². The van der Waals surface area contributed by atoms with Crippen LogP contribution >= 0.6 is 0 Å². The van der Waals surface area contributed by atoms with E-state index in [1.165, 1.54) is 10.7 Å². The molecule has 1 saturated heterocycles. The van der Waals surface area contributed by atoms with Crippen LogP contribution in [0, 0.1) is 0 Å². The van der Waals surface area contributed by atoms with Gasteiger partial charge in [-0.1, -0.05) is 0 Å². The predicted molar refractivity (Wildman–Crippen MR) is 72.3 cm³/mol. The number of rotatable bonds is 3. The van der Waals surface area contributed by atoms with E-state index in [-0.39, 0.29) is 18.0 Å². The van der Waals surface area contributed by atoms with E-state index < -0.39 is 6.10 Å². The normalized spacial score (nSPS) is 22.9. The molecule has 3 rings (SSSR count). The van der Waals surface area contributed by atoms with Gasteiger partial charge in [-0.15, -0.1) is 0 Å². The van der Waals surface area contributed by atoms with Gasteiger partial charge in [-0.25, -0.2) is 4.68 Å². The number of carbonyl (C=O) groups is 1. The number of nitrogens with zero attached hydrogens (tertiary/aromatic N) is 3. The van der Waals surface area contributed by atoms with Crippen molar-refractivity contribution in [3.63, 3.8) is 0 Å². The summed E-state index contributed by atoms with van der Waals surface area (Å²) in [6, 6.07) is 3.24. The maximum Gasteiger partial charge on any atom is 0.267 e. The van der Waals surface area contributed by atoms with Crippen LogP contribution in [-0.4, -0.2) is 44.9 Å². The zero-order chi connectivity index (χ0) is 14.1. The fourth-order valence-corrected chi connectivity index (χ4v) is 2.58. The van der Waals surface area contributed by atoms with Gasteiger partial charge in [0.15, 0.2) is 0 Å². The minimum Gasteiger partial charge on any atom is -0.391 e. The molecule has 1 amide bonds. The largest absolute Gasteiger partial charge is 0.391 e. The van der Waals surface area contributed by atoms with E-state index in [0.29, 0.717) is 19.0 Å². The molecule has 1 atom stereocenters. The first-order valence-electron chi connectivity index (χ1n) is 7.17. The second kappa shape index (κ2) is 5.36. The minimum absolute atomic E-state index is 0.0356. The average Bonchev–Trinajstić information content (AvgIpc) is 3.25. The molecule has 2 fully saturated rings. The van der Waals surface area contributed by atoms with Crippen LogP contribution in [0.4, 0.5) is 0 Å². The van der Waals surface area contributed by atoms with Crippen molar-refractivity contribution >= 4 is 5.91 Å². The van der Waals surface area contributed by atoms with Crippen molar-refractivity contribution < 1.29 is 9.90 Å². The highest BCUT2D eigenvalue weighted by Gasteiger charge is 2.26. The van der Waals surface area contributed by atoms with E-state index in [1.807, 2.05) is 0 Å².